The maximum atomic E-state index is 11.8. The zero-order chi connectivity index (χ0) is 11.4. The largest absolute Gasteiger partial charge is 0.398 e. The molecule has 0 saturated carbocycles. The van der Waals surface area contributed by atoms with Crippen LogP contribution in [-0.4, -0.2) is 5.78 Å². The molecule has 0 amide bonds. The van der Waals surface area contributed by atoms with Crippen LogP contribution in [0.3, 0.4) is 0 Å². The maximum Gasteiger partial charge on any atom is 0.163 e. The lowest BCUT2D eigenvalue weighted by molar-refractivity contribution is 0.0963. The lowest BCUT2D eigenvalue weighted by Gasteiger charge is -2.08. The molecule has 82 valence electrons. The van der Waals surface area contributed by atoms with Crippen LogP contribution in [0.1, 0.15) is 37.0 Å². The Bertz CT molecular complexity index is 363. The highest BCUT2D eigenvalue weighted by Crippen LogP contribution is 2.22. The smallest absolute Gasteiger partial charge is 0.163 e. The number of rotatable bonds is 4. The van der Waals surface area contributed by atoms with Crippen LogP contribution in [-0.2, 0) is 0 Å². The fourth-order valence-electron chi connectivity index (χ4n) is 1.28. The van der Waals surface area contributed by atoms with Crippen molar-refractivity contribution in [3.8, 4) is 0 Å². The molecule has 0 saturated heterocycles. The second kappa shape index (κ2) is 5.31. The number of carbonyl (C=O) groups excluding carboxylic acids is 1. The molecule has 1 rings (SSSR count). The molecular formula is C12H16BrNO. The van der Waals surface area contributed by atoms with E-state index in [-0.39, 0.29) is 5.78 Å². The van der Waals surface area contributed by atoms with Gasteiger partial charge in [-0.1, -0.05) is 20.3 Å². The van der Waals surface area contributed by atoms with Crippen LogP contribution in [0.5, 0.6) is 0 Å². The first-order chi connectivity index (χ1) is 7.04. The zero-order valence-corrected chi connectivity index (χ0v) is 10.7. The first-order valence-electron chi connectivity index (χ1n) is 5.12. The molecular weight excluding hydrogens is 254 g/mol. The minimum atomic E-state index is 0.185. The monoisotopic (exact) mass is 269 g/mol. The van der Waals surface area contributed by atoms with Gasteiger partial charge in [-0.15, -0.1) is 0 Å². The number of Topliss-reactive ketones (excluding diaryl/α,β-unsaturated/α-hetero) is 1. The summed E-state index contributed by atoms with van der Waals surface area (Å²) in [4.78, 5) is 11.8. The molecule has 1 unspecified atom stereocenters. The summed E-state index contributed by atoms with van der Waals surface area (Å²) < 4.78 is 0.789. The first-order valence-corrected chi connectivity index (χ1v) is 5.92. The molecule has 0 aliphatic carbocycles. The minimum absolute atomic E-state index is 0.185. The minimum Gasteiger partial charge on any atom is -0.398 e. The van der Waals surface area contributed by atoms with Crippen molar-refractivity contribution < 1.29 is 4.79 Å². The van der Waals surface area contributed by atoms with Gasteiger partial charge in [0.15, 0.2) is 5.78 Å². The Balaban J connectivity index is 2.78. The molecule has 0 radical (unpaired) electrons. The van der Waals surface area contributed by atoms with Crippen LogP contribution in [0.4, 0.5) is 5.69 Å². The maximum absolute atomic E-state index is 11.8. The number of hydrogen-bond acceptors (Lipinski definition) is 2. The predicted molar refractivity (Wildman–Crippen MR) is 67.0 cm³/mol. The van der Waals surface area contributed by atoms with Gasteiger partial charge in [0.1, 0.15) is 0 Å². The molecule has 0 heterocycles. The van der Waals surface area contributed by atoms with E-state index in [4.69, 9.17) is 5.73 Å². The van der Waals surface area contributed by atoms with E-state index in [9.17, 15) is 4.79 Å². The van der Waals surface area contributed by atoms with E-state index >= 15 is 0 Å². The lowest BCUT2D eigenvalue weighted by Crippen LogP contribution is -2.05. The predicted octanol–water partition coefficient (Wildman–Crippen LogP) is 3.65. The van der Waals surface area contributed by atoms with Gasteiger partial charge in [0.2, 0.25) is 0 Å². The fraction of sp³-hybridized carbons (Fsp3) is 0.417. The summed E-state index contributed by atoms with van der Waals surface area (Å²) in [6.07, 6.45) is 1.63. The van der Waals surface area contributed by atoms with Crippen LogP contribution < -0.4 is 5.73 Å². The topological polar surface area (TPSA) is 43.1 Å². The number of benzene rings is 1. The molecule has 2 nitrogen and oxygen atoms in total. The number of nitrogens with two attached hydrogens (primary N) is 1. The molecule has 15 heavy (non-hydrogen) atoms. The number of nitrogen functional groups attached to an aromatic ring is 1. The van der Waals surface area contributed by atoms with Gasteiger partial charge < -0.3 is 5.73 Å². The van der Waals surface area contributed by atoms with Crippen molar-refractivity contribution in [1.82, 2.24) is 0 Å². The van der Waals surface area contributed by atoms with E-state index < -0.39 is 0 Å². The van der Waals surface area contributed by atoms with E-state index in [1.54, 1.807) is 18.2 Å². The van der Waals surface area contributed by atoms with Gasteiger partial charge in [-0.3, -0.25) is 4.79 Å². The van der Waals surface area contributed by atoms with Crippen molar-refractivity contribution in [1.29, 1.82) is 0 Å². The van der Waals surface area contributed by atoms with Crippen molar-refractivity contribution in [2.24, 2.45) is 5.92 Å². The summed E-state index contributed by atoms with van der Waals surface area (Å²) in [6.45, 7) is 4.18. The normalized spacial score (nSPS) is 12.5. The highest BCUT2D eigenvalue weighted by Gasteiger charge is 2.10. The Morgan fingerprint density at radius 3 is 2.73 bits per heavy atom. The molecule has 1 aromatic carbocycles. The van der Waals surface area contributed by atoms with Gasteiger partial charge in [-0.05, 0) is 40.0 Å². The van der Waals surface area contributed by atoms with Gasteiger partial charge in [0.05, 0.1) is 0 Å². The number of anilines is 1. The molecule has 0 fully saturated rings. The molecule has 0 aliphatic rings. The van der Waals surface area contributed by atoms with Gasteiger partial charge >= 0.3 is 0 Å². The number of hydrogen-bond donors (Lipinski definition) is 1. The quantitative estimate of drug-likeness (QED) is 0.670. The van der Waals surface area contributed by atoms with Crippen LogP contribution >= 0.6 is 15.9 Å². The summed E-state index contributed by atoms with van der Waals surface area (Å²) in [5, 5.41) is 0. The Labute approximate surface area is 99.0 Å². The first kappa shape index (κ1) is 12.2. The SMILES string of the molecule is CCC(C)CC(=O)c1ccc(N)c(Br)c1. The van der Waals surface area contributed by atoms with Gasteiger partial charge in [-0.2, -0.15) is 0 Å². The van der Waals surface area contributed by atoms with Gasteiger partial charge in [0, 0.05) is 22.1 Å². The van der Waals surface area contributed by atoms with Gasteiger partial charge in [0.25, 0.3) is 0 Å². The second-order valence-electron chi connectivity index (χ2n) is 3.88. The summed E-state index contributed by atoms with van der Waals surface area (Å²) >= 11 is 3.32. The fourth-order valence-corrected chi connectivity index (χ4v) is 1.66. The average molecular weight is 270 g/mol. The van der Waals surface area contributed by atoms with E-state index in [0.717, 1.165) is 16.5 Å². The van der Waals surface area contributed by atoms with Crippen LogP contribution in [0, 0.1) is 5.92 Å². The Morgan fingerprint density at radius 1 is 1.53 bits per heavy atom. The number of ketones is 1. The number of carbonyl (C=O) groups is 1. The molecule has 2 N–H and O–H groups in total. The van der Waals surface area contributed by atoms with Crippen molar-refractivity contribution in [2.45, 2.75) is 26.7 Å². The van der Waals surface area contributed by atoms with E-state index in [1.807, 2.05) is 0 Å². The van der Waals surface area contributed by atoms with Crippen molar-refractivity contribution in [3.05, 3.63) is 28.2 Å². The Hall–Kier alpha value is -0.830. The summed E-state index contributed by atoms with van der Waals surface area (Å²) in [7, 11) is 0. The van der Waals surface area contributed by atoms with Crippen LogP contribution in [0.25, 0.3) is 0 Å². The molecule has 0 aromatic heterocycles. The average Bonchev–Trinajstić information content (AvgIpc) is 2.21. The lowest BCUT2D eigenvalue weighted by atomic mass is 9.98. The third kappa shape index (κ3) is 3.34. The highest BCUT2D eigenvalue weighted by molar-refractivity contribution is 9.10. The molecule has 0 spiro atoms. The van der Waals surface area contributed by atoms with Gasteiger partial charge in [-0.25, -0.2) is 0 Å². The van der Waals surface area contributed by atoms with Crippen LogP contribution in [0.15, 0.2) is 22.7 Å². The van der Waals surface area contributed by atoms with Crippen LogP contribution in [0.2, 0.25) is 0 Å². The Kier molecular flexibility index (Phi) is 4.33. The van der Waals surface area contributed by atoms with Crippen molar-refractivity contribution >= 4 is 27.4 Å². The van der Waals surface area contributed by atoms with E-state index in [1.165, 1.54) is 0 Å². The zero-order valence-electron chi connectivity index (χ0n) is 9.09. The summed E-state index contributed by atoms with van der Waals surface area (Å²) in [5.74, 6) is 0.624. The standard InChI is InChI=1S/C12H16BrNO/c1-3-8(2)6-12(15)9-4-5-11(14)10(13)7-9/h4-5,7-8H,3,6,14H2,1-2H3. The number of halogens is 1. The molecule has 1 atom stereocenters. The van der Waals surface area contributed by atoms with E-state index in [2.05, 4.69) is 29.8 Å². The van der Waals surface area contributed by atoms with E-state index in [0.29, 0.717) is 18.0 Å². The highest BCUT2D eigenvalue weighted by atomic mass is 79.9. The molecule has 1 aromatic rings. The van der Waals surface area contributed by atoms with Crippen molar-refractivity contribution in [3.63, 3.8) is 0 Å². The molecule has 3 heteroatoms. The third-order valence-electron chi connectivity index (χ3n) is 2.55. The molecule has 0 aliphatic heterocycles. The third-order valence-corrected chi connectivity index (χ3v) is 3.24. The second-order valence-corrected chi connectivity index (χ2v) is 4.73. The molecule has 0 bridgehead atoms. The summed E-state index contributed by atoms with van der Waals surface area (Å²) in [6, 6.07) is 5.33. The Morgan fingerprint density at radius 2 is 2.20 bits per heavy atom. The summed E-state index contributed by atoms with van der Waals surface area (Å²) in [5.41, 5.74) is 7.05. The van der Waals surface area contributed by atoms with Crippen molar-refractivity contribution in [2.75, 3.05) is 5.73 Å².